The first-order chi connectivity index (χ1) is 12.5. The van der Waals surface area contributed by atoms with Crippen molar-refractivity contribution in [2.24, 2.45) is 0 Å². The Hall–Kier alpha value is -3.36. The first kappa shape index (κ1) is 17.5. The molecular weight excluding hydrogens is 336 g/mol. The van der Waals surface area contributed by atoms with Crippen LogP contribution in [0, 0.1) is 0 Å². The molecule has 1 atom stereocenters. The number of esters is 1. The number of rotatable bonds is 6. The number of anilines is 4. The minimum Gasteiger partial charge on any atom is -0.462 e. The van der Waals surface area contributed by atoms with Crippen LogP contribution in [0.4, 0.5) is 23.3 Å². The van der Waals surface area contributed by atoms with Gasteiger partial charge in [-0.3, -0.25) is 4.79 Å². The first-order valence-corrected chi connectivity index (χ1v) is 8.24. The number of ether oxygens (including phenoxy) is 1. The number of amides is 1. The van der Waals surface area contributed by atoms with Gasteiger partial charge in [-0.1, -0.05) is 0 Å². The highest BCUT2D eigenvalue weighted by molar-refractivity contribution is 6.03. The SMILES string of the molecule is CCOC(=O)c1ccc(NCCC2C(=O)Nc3nc(N)nc(N)c32)cc1. The first-order valence-electron chi connectivity index (χ1n) is 8.24. The van der Waals surface area contributed by atoms with Gasteiger partial charge in [0, 0.05) is 17.8 Å². The van der Waals surface area contributed by atoms with E-state index >= 15 is 0 Å². The molecule has 9 nitrogen and oxygen atoms in total. The summed E-state index contributed by atoms with van der Waals surface area (Å²) in [6, 6.07) is 6.94. The maximum atomic E-state index is 12.2. The number of benzene rings is 1. The average molecular weight is 356 g/mol. The van der Waals surface area contributed by atoms with Gasteiger partial charge in [0.25, 0.3) is 0 Å². The van der Waals surface area contributed by atoms with Crippen LogP contribution in [0.15, 0.2) is 24.3 Å². The largest absolute Gasteiger partial charge is 0.462 e. The van der Waals surface area contributed by atoms with E-state index in [0.717, 1.165) is 5.69 Å². The van der Waals surface area contributed by atoms with Crippen LogP contribution in [0.5, 0.6) is 0 Å². The third-order valence-electron chi connectivity index (χ3n) is 4.06. The lowest BCUT2D eigenvalue weighted by Crippen LogP contribution is -2.16. The lowest BCUT2D eigenvalue weighted by atomic mass is 9.99. The standard InChI is InChI=1S/C17H20N6O3/c1-2-26-16(25)9-3-5-10(6-4-9)20-8-7-11-12-13(18)21-17(19)23-14(12)22-15(11)24/h3-6,11,20H,2,7-8H2,1H3,(H5,18,19,21,22,23,24). The summed E-state index contributed by atoms with van der Waals surface area (Å²) in [5.41, 5.74) is 13.4. The van der Waals surface area contributed by atoms with E-state index in [4.69, 9.17) is 16.2 Å². The summed E-state index contributed by atoms with van der Waals surface area (Å²) in [5, 5.41) is 5.89. The molecule has 1 aliphatic heterocycles. The summed E-state index contributed by atoms with van der Waals surface area (Å²) in [7, 11) is 0. The van der Waals surface area contributed by atoms with Crippen LogP contribution in [0.2, 0.25) is 0 Å². The molecule has 2 aromatic rings. The molecule has 1 unspecified atom stereocenters. The topological polar surface area (TPSA) is 145 Å². The number of carbonyl (C=O) groups is 2. The van der Waals surface area contributed by atoms with Gasteiger partial charge >= 0.3 is 5.97 Å². The number of nitrogens with two attached hydrogens (primary N) is 2. The van der Waals surface area contributed by atoms with Crippen LogP contribution >= 0.6 is 0 Å². The molecular formula is C17H20N6O3. The second-order valence-electron chi connectivity index (χ2n) is 5.78. The number of aromatic nitrogens is 2. The zero-order valence-electron chi connectivity index (χ0n) is 14.3. The van der Waals surface area contributed by atoms with Crippen molar-refractivity contribution in [1.29, 1.82) is 0 Å². The Morgan fingerprint density at radius 2 is 2.00 bits per heavy atom. The van der Waals surface area contributed by atoms with Crippen LogP contribution in [-0.4, -0.2) is 35.0 Å². The van der Waals surface area contributed by atoms with Crippen molar-refractivity contribution < 1.29 is 14.3 Å². The molecule has 0 saturated carbocycles. The van der Waals surface area contributed by atoms with Gasteiger partial charge in [-0.05, 0) is 37.6 Å². The van der Waals surface area contributed by atoms with Crippen molar-refractivity contribution in [1.82, 2.24) is 9.97 Å². The Kier molecular flexibility index (Phi) is 4.87. The predicted molar refractivity (Wildman–Crippen MR) is 97.7 cm³/mol. The van der Waals surface area contributed by atoms with Gasteiger partial charge in [-0.15, -0.1) is 0 Å². The second-order valence-corrected chi connectivity index (χ2v) is 5.78. The van der Waals surface area contributed by atoms with Gasteiger partial charge < -0.3 is 26.8 Å². The van der Waals surface area contributed by atoms with Crippen molar-refractivity contribution in [3.63, 3.8) is 0 Å². The molecule has 2 heterocycles. The van der Waals surface area contributed by atoms with E-state index in [1.54, 1.807) is 31.2 Å². The van der Waals surface area contributed by atoms with E-state index in [-0.39, 0.29) is 23.6 Å². The minimum atomic E-state index is -0.433. The van der Waals surface area contributed by atoms with Crippen molar-refractivity contribution >= 4 is 35.1 Å². The van der Waals surface area contributed by atoms with Crippen molar-refractivity contribution in [2.45, 2.75) is 19.3 Å². The number of hydrogen-bond donors (Lipinski definition) is 4. The number of nitrogen functional groups attached to an aromatic ring is 2. The van der Waals surface area contributed by atoms with E-state index in [1.165, 1.54) is 0 Å². The number of nitrogens with zero attached hydrogens (tertiary/aromatic N) is 2. The van der Waals surface area contributed by atoms with Gasteiger partial charge in [0.2, 0.25) is 11.9 Å². The molecule has 26 heavy (non-hydrogen) atoms. The quantitative estimate of drug-likeness (QED) is 0.568. The summed E-state index contributed by atoms with van der Waals surface area (Å²) < 4.78 is 4.94. The third kappa shape index (κ3) is 3.51. The molecule has 6 N–H and O–H groups in total. The molecule has 0 spiro atoms. The van der Waals surface area contributed by atoms with Gasteiger partial charge in [0.15, 0.2) is 0 Å². The summed E-state index contributed by atoms with van der Waals surface area (Å²) in [6.07, 6.45) is 0.510. The maximum Gasteiger partial charge on any atom is 0.338 e. The van der Waals surface area contributed by atoms with Crippen LogP contribution in [0.1, 0.15) is 35.2 Å². The molecule has 0 radical (unpaired) electrons. The molecule has 3 rings (SSSR count). The van der Waals surface area contributed by atoms with E-state index in [1.807, 2.05) is 0 Å². The number of carbonyl (C=O) groups excluding carboxylic acids is 2. The normalized spacial score (nSPS) is 15.3. The van der Waals surface area contributed by atoms with Crippen LogP contribution in [0.25, 0.3) is 0 Å². The smallest absolute Gasteiger partial charge is 0.338 e. The Labute approximate surface area is 150 Å². The molecule has 1 aromatic heterocycles. The van der Waals surface area contributed by atoms with Crippen molar-refractivity contribution in [3.8, 4) is 0 Å². The summed E-state index contributed by atoms with van der Waals surface area (Å²) in [5.74, 6) is -0.337. The van der Waals surface area contributed by atoms with E-state index < -0.39 is 5.92 Å². The van der Waals surface area contributed by atoms with Crippen LogP contribution in [0.3, 0.4) is 0 Å². The predicted octanol–water partition coefficient (Wildman–Crippen LogP) is 1.36. The van der Waals surface area contributed by atoms with Gasteiger partial charge in [-0.25, -0.2) is 4.79 Å². The Balaban J connectivity index is 1.61. The molecule has 0 bridgehead atoms. The lowest BCUT2D eigenvalue weighted by molar-refractivity contribution is -0.117. The average Bonchev–Trinajstić information content (AvgIpc) is 2.91. The van der Waals surface area contributed by atoms with Crippen molar-refractivity contribution in [2.75, 3.05) is 35.3 Å². The Morgan fingerprint density at radius 3 is 2.69 bits per heavy atom. The summed E-state index contributed by atoms with van der Waals surface area (Å²) >= 11 is 0. The van der Waals surface area contributed by atoms with Gasteiger partial charge in [0.1, 0.15) is 11.6 Å². The zero-order valence-corrected chi connectivity index (χ0v) is 14.3. The lowest BCUT2D eigenvalue weighted by Gasteiger charge is -2.12. The second kappa shape index (κ2) is 7.26. The molecule has 1 aliphatic rings. The van der Waals surface area contributed by atoms with Gasteiger partial charge in [0.05, 0.1) is 18.1 Å². The monoisotopic (exact) mass is 356 g/mol. The molecule has 0 fully saturated rings. The molecule has 1 amide bonds. The third-order valence-corrected chi connectivity index (χ3v) is 4.06. The highest BCUT2D eigenvalue weighted by Gasteiger charge is 2.34. The summed E-state index contributed by atoms with van der Waals surface area (Å²) in [6.45, 7) is 2.62. The fourth-order valence-corrected chi connectivity index (χ4v) is 2.85. The molecule has 136 valence electrons. The fourth-order valence-electron chi connectivity index (χ4n) is 2.85. The number of nitrogens with one attached hydrogen (secondary N) is 2. The number of fused-ring (bicyclic) bond motifs is 1. The Bertz CT molecular complexity index is 837. The molecule has 1 aromatic carbocycles. The molecule has 9 heteroatoms. The van der Waals surface area contributed by atoms with Gasteiger partial charge in [-0.2, -0.15) is 9.97 Å². The minimum absolute atomic E-state index is 0.0296. The molecule has 0 aliphatic carbocycles. The van der Waals surface area contributed by atoms with E-state index in [9.17, 15) is 9.59 Å². The van der Waals surface area contributed by atoms with E-state index in [0.29, 0.717) is 36.5 Å². The van der Waals surface area contributed by atoms with Crippen LogP contribution < -0.4 is 22.1 Å². The maximum absolute atomic E-state index is 12.2. The summed E-state index contributed by atoms with van der Waals surface area (Å²) in [4.78, 5) is 31.7. The number of hydrogen-bond acceptors (Lipinski definition) is 8. The highest BCUT2D eigenvalue weighted by atomic mass is 16.5. The Morgan fingerprint density at radius 1 is 1.27 bits per heavy atom. The fraction of sp³-hybridized carbons (Fsp3) is 0.294. The van der Waals surface area contributed by atoms with Crippen LogP contribution in [-0.2, 0) is 9.53 Å². The molecule has 0 saturated heterocycles. The van der Waals surface area contributed by atoms with Crippen molar-refractivity contribution in [3.05, 3.63) is 35.4 Å². The zero-order chi connectivity index (χ0) is 18.7. The highest BCUT2D eigenvalue weighted by Crippen LogP contribution is 2.36. The van der Waals surface area contributed by atoms with E-state index in [2.05, 4.69) is 20.6 Å².